The Morgan fingerprint density at radius 2 is 1.66 bits per heavy atom. The Morgan fingerprint density at radius 1 is 0.936 bits per heavy atom. The lowest BCUT2D eigenvalue weighted by atomic mass is 9.85. The number of hydrogen-bond donors (Lipinski definition) is 3. The number of nitrogens with zero attached hydrogens (tertiary/aromatic N) is 3. The minimum atomic E-state index is -0.855. The number of para-hydroxylation sites is 1. The second kappa shape index (κ2) is 15.1. The average molecular weight is 663 g/mol. The third kappa shape index (κ3) is 7.75. The lowest BCUT2D eigenvalue weighted by Crippen LogP contribution is -2.60. The predicted molar refractivity (Wildman–Crippen MR) is 182 cm³/mol. The van der Waals surface area contributed by atoms with E-state index >= 15 is 0 Å². The van der Waals surface area contributed by atoms with Crippen LogP contribution in [-0.4, -0.2) is 90.4 Å². The molecular formula is C36H47ClN6O4. The van der Waals surface area contributed by atoms with E-state index in [1.54, 1.807) is 21.9 Å². The van der Waals surface area contributed by atoms with Crippen LogP contribution in [0.15, 0.2) is 54.6 Å². The first kappa shape index (κ1) is 33.3. The van der Waals surface area contributed by atoms with Crippen molar-refractivity contribution in [2.75, 3.05) is 44.3 Å². The molecule has 0 aromatic heterocycles. The van der Waals surface area contributed by atoms with Gasteiger partial charge in [0.15, 0.2) is 0 Å². The second-order valence-electron chi connectivity index (χ2n) is 13.6. The van der Waals surface area contributed by atoms with Crippen LogP contribution in [0.1, 0.15) is 63.4 Å². The molecule has 3 heterocycles. The standard InChI is InChI=1S/C36H47ClN6O4/c37-28-15-13-26(14-16-28)22-31(40-33(45)27-8-7-19-38-23-27)34(46)41-20-17-36(18-21-41)35(47)42(25-43(36)30-11-5-2-6-12-30)24-32(44)39-29-9-3-1-4-10-29/h2,5-6,11-16,27,29,31,38H,1,3-4,7-10,17-25H2,(H,39,44)(H,40,45)/t27-,31+/m0/s1. The van der Waals surface area contributed by atoms with Crippen LogP contribution in [0.3, 0.4) is 0 Å². The maximum Gasteiger partial charge on any atom is 0.250 e. The summed E-state index contributed by atoms with van der Waals surface area (Å²) < 4.78 is 0. The molecule has 0 radical (unpaired) electrons. The van der Waals surface area contributed by atoms with Gasteiger partial charge in [-0.25, -0.2) is 0 Å². The van der Waals surface area contributed by atoms with Gasteiger partial charge in [0.1, 0.15) is 18.1 Å². The van der Waals surface area contributed by atoms with Crippen molar-refractivity contribution < 1.29 is 19.2 Å². The van der Waals surface area contributed by atoms with Gasteiger partial charge in [-0.3, -0.25) is 19.2 Å². The average Bonchev–Trinajstić information content (AvgIpc) is 3.36. The molecule has 11 heteroatoms. The number of halogens is 1. The molecule has 6 rings (SSSR count). The summed E-state index contributed by atoms with van der Waals surface area (Å²) in [5.41, 5.74) is 0.975. The van der Waals surface area contributed by atoms with Crippen molar-refractivity contribution in [2.24, 2.45) is 5.92 Å². The largest absolute Gasteiger partial charge is 0.352 e. The van der Waals surface area contributed by atoms with E-state index < -0.39 is 11.6 Å². The van der Waals surface area contributed by atoms with Crippen molar-refractivity contribution in [2.45, 2.75) is 81.8 Å². The Morgan fingerprint density at radius 3 is 2.34 bits per heavy atom. The van der Waals surface area contributed by atoms with Crippen LogP contribution in [0.5, 0.6) is 0 Å². The molecule has 1 aliphatic carbocycles. The third-order valence-electron chi connectivity index (χ3n) is 10.4. The smallest absolute Gasteiger partial charge is 0.250 e. The van der Waals surface area contributed by atoms with Crippen molar-refractivity contribution >= 4 is 40.9 Å². The van der Waals surface area contributed by atoms with Crippen molar-refractivity contribution in [3.63, 3.8) is 0 Å². The summed E-state index contributed by atoms with van der Waals surface area (Å²) in [4.78, 5) is 60.3. The number of amides is 4. The number of likely N-dealkylation sites (tertiary alicyclic amines) is 1. The minimum Gasteiger partial charge on any atom is -0.352 e. The molecule has 3 saturated heterocycles. The lowest BCUT2D eigenvalue weighted by molar-refractivity contribution is -0.142. The summed E-state index contributed by atoms with van der Waals surface area (Å²) in [6.45, 7) is 2.58. The van der Waals surface area contributed by atoms with Gasteiger partial charge in [0.25, 0.3) is 5.91 Å². The van der Waals surface area contributed by atoms with Crippen LogP contribution in [0.25, 0.3) is 0 Å². The first-order valence-corrected chi connectivity index (χ1v) is 17.7. The Hall–Kier alpha value is -3.63. The van der Waals surface area contributed by atoms with E-state index in [1.807, 2.05) is 42.5 Å². The van der Waals surface area contributed by atoms with Crippen molar-refractivity contribution in [1.82, 2.24) is 25.8 Å². The van der Waals surface area contributed by atoms with Gasteiger partial charge in [0.05, 0.1) is 12.6 Å². The molecule has 4 fully saturated rings. The molecule has 3 N–H and O–H groups in total. The number of nitrogens with one attached hydrogen (secondary N) is 3. The zero-order valence-corrected chi connectivity index (χ0v) is 27.9. The normalized spacial score (nSPS) is 22.3. The van der Waals surface area contributed by atoms with Gasteiger partial charge in [-0.15, -0.1) is 0 Å². The number of carbonyl (C=O) groups excluding carboxylic acids is 4. The summed E-state index contributed by atoms with van der Waals surface area (Å²) in [5.74, 6) is -0.612. The summed E-state index contributed by atoms with van der Waals surface area (Å²) in [5, 5.41) is 10.1. The molecule has 3 aliphatic heterocycles. The Labute approximate surface area is 282 Å². The first-order valence-electron chi connectivity index (χ1n) is 17.3. The molecule has 2 atom stereocenters. The first-order chi connectivity index (χ1) is 22.8. The maximum atomic E-state index is 14.2. The van der Waals surface area contributed by atoms with Gasteiger partial charge in [-0.2, -0.15) is 0 Å². The van der Waals surface area contributed by atoms with Gasteiger partial charge in [-0.1, -0.05) is 61.2 Å². The van der Waals surface area contributed by atoms with Gasteiger partial charge in [0, 0.05) is 42.8 Å². The molecule has 252 valence electrons. The summed E-state index contributed by atoms with van der Waals surface area (Å²) in [6, 6.07) is 16.7. The molecule has 10 nitrogen and oxygen atoms in total. The van der Waals surface area contributed by atoms with Gasteiger partial charge < -0.3 is 30.7 Å². The van der Waals surface area contributed by atoms with Crippen LogP contribution in [0.2, 0.25) is 5.02 Å². The van der Waals surface area contributed by atoms with Crippen molar-refractivity contribution in [3.8, 4) is 0 Å². The highest BCUT2D eigenvalue weighted by Crippen LogP contribution is 2.39. The molecule has 47 heavy (non-hydrogen) atoms. The molecule has 4 amide bonds. The maximum absolute atomic E-state index is 14.2. The summed E-state index contributed by atoms with van der Waals surface area (Å²) >= 11 is 6.12. The molecule has 1 spiro atoms. The summed E-state index contributed by atoms with van der Waals surface area (Å²) in [7, 11) is 0. The monoisotopic (exact) mass is 662 g/mol. The van der Waals surface area contributed by atoms with Crippen LogP contribution in [0.4, 0.5) is 5.69 Å². The van der Waals surface area contributed by atoms with Gasteiger partial charge >= 0.3 is 0 Å². The zero-order chi connectivity index (χ0) is 32.8. The van der Waals surface area contributed by atoms with Crippen LogP contribution in [-0.2, 0) is 25.6 Å². The fourth-order valence-electron chi connectivity index (χ4n) is 7.75. The van der Waals surface area contributed by atoms with E-state index in [2.05, 4.69) is 20.9 Å². The number of benzene rings is 2. The van der Waals surface area contributed by atoms with Crippen molar-refractivity contribution in [3.05, 3.63) is 65.2 Å². The lowest BCUT2D eigenvalue weighted by Gasteiger charge is -2.44. The zero-order valence-electron chi connectivity index (χ0n) is 27.1. The molecule has 2 aromatic rings. The highest BCUT2D eigenvalue weighted by atomic mass is 35.5. The Kier molecular flexibility index (Phi) is 10.7. The number of carbonyl (C=O) groups is 4. The third-order valence-corrected chi connectivity index (χ3v) is 10.7. The van der Waals surface area contributed by atoms with E-state index in [9.17, 15) is 19.2 Å². The highest BCUT2D eigenvalue weighted by Gasteiger charge is 2.54. The molecular weight excluding hydrogens is 616 g/mol. The van der Waals surface area contributed by atoms with E-state index in [0.29, 0.717) is 50.6 Å². The number of piperidine rings is 2. The number of rotatable bonds is 9. The molecule has 0 unspecified atom stereocenters. The number of anilines is 1. The van der Waals surface area contributed by atoms with Crippen molar-refractivity contribution in [1.29, 1.82) is 0 Å². The molecule has 4 aliphatic rings. The van der Waals surface area contributed by atoms with Gasteiger partial charge in [0.2, 0.25) is 17.7 Å². The number of hydrogen-bond acceptors (Lipinski definition) is 6. The predicted octanol–water partition coefficient (Wildman–Crippen LogP) is 3.48. The quantitative estimate of drug-likeness (QED) is 0.379. The van der Waals surface area contributed by atoms with Crippen LogP contribution < -0.4 is 20.9 Å². The minimum absolute atomic E-state index is 0.0221. The van der Waals surface area contributed by atoms with E-state index in [-0.39, 0.29) is 42.1 Å². The SMILES string of the molecule is O=C(CN1CN(c2ccccc2)C2(CCN(C(=O)[C@@H](Cc3ccc(Cl)cc3)NC(=O)[C@H]3CCCNC3)CC2)C1=O)NC1CCCCC1. The topological polar surface area (TPSA) is 114 Å². The van der Waals surface area contributed by atoms with Crippen LogP contribution >= 0.6 is 11.6 Å². The Bertz CT molecular complexity index is 1400. The fraction of sp³-hybridized carbons (Fsp3) is 0.556. The van der Waals surface area contributed by atoms with E-state index in [4.69, 9.17) is 11.6 Å². The highest BCUT2D eigenvalue weighted by molar-refractivity contribution is 6.30. The molecule has 0 bridgehead atoms. The van der Waals surface area contributed by atoms with Crippen LogP contribution in [0, 0.1) is 5.92 Å². The Balaban J connectivity index is 1.16. The second-order valence-corrected chi connectivity index (χ2v) is 14.0. The van der Waals surface area contributed by atoms with E-state index in [1.165, 1.54) is 6.42 Å². The fourth-order valence-corrected chi connectivity index (χ4v) is 7.88. The molecule has 1 saturated carbocycles. The van der Waals surface area contributed by atoms with E-state index in [0.717, 1.165) is 56.3 Å². The van der Waals surface area contributed by atoms with Gasteiger partial charge in [-0.05, 0) is 74.9 Å². The summed E-state index contributed by atoms with van der Waals surface area (Å²) in [6.07, 6.45) is 8.35. The molecule has 2 aromatic carbocycles.